The molecule has 4 rings (SSSR count). The Bertz CT molecular complexity index is 377. The van der Waals surface area contributed by atoms with Crippen molar-refractivity contribution >= 4 is 17.3 Å². The zero-order valence-electron chi connectivity index (χ0n) is 8.43. The van der Waals surface area contributed by atoms with E-state index in [9.17, 15) is 0 Å². The van der Waals surface area contributed by atoms with Gasteiger partial charge in [0.2, 0.25) is 0 Å². The van der Waals surface area contributed by atoms with Crippen LogP contribution in [0.15, 0.2) is 0 Å². The molecular formula is C9H12N6. The van der Waals surface area contributed by atoms with Crippen LogP contribution in [0.2, 0.25) is 0 Å². The van der Waals surface area contributed by atoms with Gasteiger partial charge in [-0.15, -0.1) is 10.2 Å². The molecule has 0 aromatic carbocycles. The van der Waals surface area contributed by atoms with E-state index in [-0.39, 0.29) is 0 Å². The van der Waals surface area contributed by atoms with E-state index in [4.69, 9.17) is 0 Å². The van der Waals surface area contributed by atoms with Crippen molar-refractivity contribution in [3.63, 3.8) is 0 Å². The second-order valence-electron chi connectivity index (χ2n) is 4.25. The molecule has 3 aliphatic heterocycles. The maximum absolute atomic E-state index is 4.17. The summed E-state index contributed by atoms with van der Waals surface area (Å²) in [5.74, 6) is 2.06. The number of hydrogen-bond donors (Lipinski definition) is 0. The molecule has 6 heteroatoms. The summed E-state index contributed by atoms with van der Waals surface area (Å²) in [5.41, 5.74) is 1.21. The Balaban J connectivity index is 1.84. The molecule has 0 aliphatic carbocycles. The van der Waals surface area contributed by atoms with E-state index in [2.05, 4.69) is 30.1 Å². The van der Waals surface area contributed by atoms with Crippen LogP contribution in [0, 0.1) is 0 Å². The first kappa shape index (κ1) is 7.67. The van der Waals surface area contributed by atoms with E-state index in [1.54, 1.807) is 0 Å². The minimum Gasteiger partial charge on any atom is -0.362 e. The summed E-state index contributed by atoms with van der Waals surface area (Å²) in [7, 11) is 0. The lowest BCUT2D eigenvalue weighted by Crippen LogP contribution is -2.10. The average Bonchev–Trinajstić information content (AvgIpc) is 3.19. The van der Waals surface area contributed by atoms with Crippen LogP contribution in [0.25, 0.3) is 0 Å². The molecule has 0 N–H and O–H groups in total. The summed E-state index contributed by atoms with van der Waals surface area (Å²) >= 11 is 0. The van der Waals surface area contributed by atoms with E-state index < -0.39 is 0 Å². The van der Waals surface area contributed by atoms with Gasteiger partial charge in [-0.3, -0.25) is 0 Å². The molecule has 3 saturated heterocycles. The lowest BCUT2D eigenvalue weighted by Gasteiger charge is -2.13. The first-order chi connectivity index (χ1) is 7.43. The topological polar surface area (TPSA) is 47.7 Å². The molecule has 4 heterocycles. The summed E-state index contributed by atoms with van der Waals surface area (Å²) in [6.07, 6.45) is 0. The van der Waals surface area contributed by atoms with Gasteiger partial charge in [-0.2, -0.15) is 0 Å². The fraction of sp³-hybridized carbons (Fsp3) is 0.667. The Hall–Kier alpha value is -1.59. The maximum Gasteiger partial charge on any atom is 0.180 e. The number of anilines is 3. The van der Waals surface area contributed by atoms with Crippen LogP contribution in [0.3, 0.4) is 0 Å². The second-order valence-corrected chi connectivity index (χ2v) is 4.25. The van der Waals surface area contributed by atoms with E-state index in [1.165, 1.54) is 5.69 Å². The van der Waals surface area contributed by atoms with Crippen LogP contribution < -0.4 is 14.7 Å². The van der Waals surface area contributed by atoms with Crippen molar-refractivity contribution in [2.45, 2.75) is 0 Å². The molecule has 0 radical (unpaired) electrons. The Morgan fingerprint density at radius 3 is 1.53 bits per heavy atom. The molecular weight excluding hydrogens is 192 g/mol. The number of rotatable bonds is 3. The van der Waals surface area contributed by atoms with Gasteiger partial charge in [0.25, 0.3) is 0 Å². The van der Waals surface area contributed by atoms with Crippen LogP contribution in [-0.2, 0) is 0 Å². The molecule has 0 amide bonds. The molecule has 1 aromatic heterocycles. The Kier molecular flexibility index (Phi) is 1.28. The van der Waals surface area contributed by atoms with Gasteiger partial charge in [0.1, 0.15) is 5.69 Å². The van der Waals surface area contributed by atoms with Crippen LogP contribution >= 0.6 is 0 Å². The molecule has 6 nitrogen and oxygen atoms in total. The van der Waals surface area contributed by atoms with Gasteiger partial charge in [-0.05, 0) is 5.21 Å². The summed E-state index contributed by atoms with van der Waals surface area (Å²) in [6.45, 7) is 6.71. The summed E-state index contributed by atoms with van der Waals surface area (Å²) in [6, 6.07) is 0. The Labute approximate surface area is 87.5 Å². The van der Waals surface area contributed by atoms with E-state index in [0.29, 0.717) is 0 Å². The minimum absolute atomic E-state index is 1.03. The molecule has 0 atom stereocenters. The fourth-order valence-corrected chi connectivity index (χ4v) is 1.81. The number of aromatic nitrogens is 3. The molecule has 78 valence electrons. The lowest BCUT2D eigenvalue weighted by molar-refractivity contribution is 0.857. The van der Waals surface area contributed by atoms with Crippen LogP contribution in [0.4, 0.5) is 17.3 Å². The highest BCUT2D eigenvalue weighted by Gasteiger charge is 2.36. The van der Waals surface area contributed by atoms with E-state index >= 15 is 0 Å². The van der Waals surface area contributed by atoms with Crippen molar-refractivity contribution < 1.29 is 0 Å². The first-order valence-electron chi connectivity index (χ1n) is 5.42. The Morgan fingerprint density at radius 2 is 1.13 bits per heavy atom. The SMILES string of the molecule is C1CN1c1nnnc(N2CC2)c1N1CC1. The van der Waals surface area contributed by atoms with Crippen molar-refractivity contribution in [3.8, 4) is 0 Å². The molecule has 1 aromatic rings. The standard InChI is InChI=1S/C9H12N6/c1-2-13(1)7-8(14-3-4-14)10-12-11-9(7)15-5-6-15/h1-6H2. The van der Waals surface area contributed by atoms with Gasteiger partial charge in [-0.1, -0.05) is 0 Å². The third-order valence-electron chi connectivity index (χ3n) is 2.96. The first-order valence-corrected chi connectivity index (χ1v) is 5.42. The van der Waals surface area contributed by atoms with Crippen LogP contribution in [-0.4, -0.2) is 54.7 Å². The highest BCUT2D eigenvalue weighted by Crippen LogP contribution is 2.41. The van der Waals surface area contributed by atoms with Crippen molar-refractivity contribution in [1.29, 1.82) is 0 Å². The van der Waals surface area contributed by atoms with Crippen molar-refractivity contribution in [2.24, 2.45) is 0 Å². The zero-order chi connectivity index (χ0) is 9.83. The van der Waals surface area contributed by atoms with Gasteiger partial charge in [0.15, 0.2) is 11.6 Å². The smallest absolute Gasteiger partial charge is 0.180 e. The largest absolute Gasteiger partial charge is 0.362 e. The number of nitrogens with zero attached hydrogens (tertiary/aromatic N) is 6. The minimum atomic E-state index is 1.03. The van der Waals surface area contributed by atoms with E-state index in [0.717, 1.165) is 50.9 Å². The van der Waals surface area contributed by atoms with Crippen LogP contribution in [0.5, 0.6) is 0 Å². The lowest BCUT2D eigenvalue weighted by atomic mass is 10.4. The monoisotopic (exact) mass is 204 g/mol. The highest BCUT2D eigenvalue weighted by molar-refractivity contribution is 5.83. The van der Waals surface area contributed by atoms with Gasteiger partial charge >= 0.3 is 0 Å². The Morgan fingerprint density at radius 1 is 0.667 bits per heavy atom. The van der Waals surface area contributed by atoms with Crippen molar-refractivity contribution in [1.82, 2.24) is 15.4 Å². The average molecular weight is 204 g/mol. The van der Waals surface area contributed by atoms with Gasteiger partial charge < -0.3 is 14.7 Å². The predicted molar refractivity (Wildman–Crippen MR) is 56.5 cm³/mol. The number of hydrogen-bond acceptors (Lipinski definition) is 6. The molecule has 3 fully saturated rings. The molecule has 0 saturated carbocycles. The fourth-order valence-electron chi connectivity index (χ4n) is 1.81. The third-order valence-corrected chi connectivity index (χ3v) is 2.96. The second kappa shape index (κ2) is 2.50. The molecule has 3 aliphatic rings. The van der Waals surface area contributed by atoms with Crippen LogP contribution in [0.1, 0.15) is 0 Å². The van der Waals surface area contributed by atoms with Crippen molar-refractivity contribution in [2.75, 3.05) is 54.0 Å². The normalized spacial score (nSPS) is 22.0. The quantitative estimate of drug-likeness (QED) is 0.609. The predicted octanol–water partition coefficient (Wildman–Crippen LogP) is -0.668. The summed E-state index contributed by atoms with van der Waals surface area (Å²) < 4.78 is 0. The molecule has 0 unspecified atom stereocenters. The van der Waals surface area contributed by atoms with Gasteiger partial charge in [0.05, 0.1) is 0 Å². The highest BCUT2D eigenvalue weighted by atomic mass is 15.5. The maximum atomic E-state index is 4.17. The molecule has 15 heavy (non-hydrogen) atoms. The third kappa shape index (κ3) is 1.20. The summed E-state index contributed by atoms with van der Waals surface area (Å²) in [5, 5.41) is 12.2. The molecule has 0 bridgehead atoms. The van der Waals surface area contributed by atoms with Gasteiger partial charge in [-0.25, -0.2) is 0 Å². The molecule has 0 spiro atoms. The van der Waals surface area contributed by atoms with Gasteiger partial charge in [0, 0.05) is 39.3 Å². The summed E-state index contributed by atoms with van der Waals surface area (Å²) in [4.78, 5) is 6.81. The zero-order valence-corrected chi connectivity index (χ0v) is 8.43. The van der Waals surface area contributed by atoms with E-state index in [1.807, 2.05) is 0 Å². The van der Waals surface area contributed by atoms with Crippen molar-refractivity contribution in [3.05, 3.63) is 0 Å².